The van der Waals surface area contributed by atoms with Gasteiger partial charge in [0.05, 0.1) is 11.6 Å². The molecule has 1 heterocycles. The molecule has 1 amide bonds. The van der Waals surface area contributed by atoms with Crippen molar-refractivity contribution in [1.29, 1.82) is 0 Å². The Morgan fingerprint density at radius 2 is 1.87 bits per heavy atom. The molecule has 1 fully saturated rings. The van der Waals surface area contributed by atoms with Crippen molar-refractivity contribution >= 4 is 40.7 Å². The first kappa shape index (κ1) is 27.9. The smallest absolute Gasteiger partial charge is 0.255 e. The second kappa shape index (κ2) is 9.25. The second-order valence-electron chi connectivity index (χ2n) is 11.7. The lowest BCUT2D eigenvalue weighted by Gasteiger charge is -2.50. The Balaban J connectivity index is 1.86. The summed E-state index contributed by atoms with van der Waals surface area (Å²) >= 11 is 6.47. The van der Waals surface area contributed by atoms with Crippen LogP contribution in [0.1, 0.15) is 44.7 Å². The average Bonchev–Trinajstić information content (AvgIpc) is 2.78. The third-order valence-corrected chi connectivity index (χ3v) is 8.02. The van der Waals surface area contributed by atoms with Crippen molar-refractivity contribution in [3.05, 3.63) is 33.2 Å². The highest BCUT2D eigenvalue weighted by Gasteiger charge is 2.64. The fourth-order valence-corrected chi connectivity index (χ4v) is 6.09. The number of rotatable bonds is 5. The van der Waals surface area contributed by atoms with Crippen LogP contribution in [0, 0.1) is 17.3 Å². The number of aromatic hydroxyl groups is 1. The van der Waals surface area contributed by atoms with Crippen LogP contribution in [-0.2, 0) is 20.8 Å². The van der Waals surface area contributed by atoms with Gasteiger partial charge in [-0.3, -0.25) is 19.3 Å². The summed E-state index contributed by atoms with van der Waals surface area (Å²) in [5.74, 6) is -7.15. The Morgan fingerprint density at radius 1 is 1.24 bits per heavy atom. The maximum atomic E-state index is 13.9. The number of aromatic nitrogens is 1. The molecule has 0 aromatic carbocycles. The van der Waals surface area contributed by atoms with Crippen molar-refractivity contribution < 1.29 is 34.8 Å². The number of anilines is 1. The lowest BCUT2D eigenvalue weighted by atomic mass is 9.57. The van der Waals surface area contributed by atoms with Crippen LogP contribution in [0.25, 0.3) is 5.76 Å². The number of carbonyl (C=O) groups excluding carboxylic acids is 3. The van der Waals surface area contributed by atoms with E-state index in [-0.39, 0.29) is 40.4 Å². The van der Waals surface area contributed by atoms with Crippen LogP contribution in [0.3, 0.4) is 0 Å². The van der Waals surface area contributed by atoms with Crippen LogP contribution in [0.2, 0.25) is 5.15 Å². The van der Waals surface area contributed by atoms with E-state index in [1.165, 1.54) is 4.90 Å². The van der Waals surface area contributed by atoms with Crippen LogP contribution >= 0.6 is 11.6 Å². The van der Waals surface area contributed by atoms with E-state index in [4.69, 9.17) is 17.3 Å². The fourth-order valence-electron chi connectivity index (χ4n) is 5.84. The zero-order valence-corrected chi connectivity index (χ0v) is 22.7. The number of halogens is 1. The van der Waals surface area contributed by atoms with Gasteiger partial charge in [-0.2, -0.15) is 0 Å². The second-order valence-corrected chi connectivity index (χ2v) is 12.0. The molecule has 12 heteroatoms. The number of nitrogens with one attached hydrogen (secondary N) is 1. The summed E-state index contributed by atoms with van der Waals surface area (Å²) in [5.41, 5.74) is 1.77. The predicted molar refractivity (Wildman–Crippen MR) is 140 cm³/mol. The van der Waals surface area contributed by atoms with Gasteiger partial charge in [0, 0.05) is 23.6 Å². The van der Waals surface area contributed by atoms with Crippen molar-refractivity contribution in [3.63, 3.8) is 0 Å². The molecule has 1 saturated carbocycles. The minimum absolute atomic E-state index is 0.00351. The molecular formula is C26H33ClN4O7. The quantitative estimate of drug-likeness (QED) is 0.234. The highest BCUT2D eigenvalue weighted by molar-refractivity contribution is 6.31. The molecule has 4 rings (SSSR count). The van der Waals surface area contributed by atoms with Crippen molar-refractivity contribution in [3.8, 4) is 5.75 Å². The third-order valence-electron chi connectivity index (χ3n) is 7.70. The van der Waals surface area contributed by atoms with E-state index in [0.717, 1.165) is 6.42 Å². The SMILES string of the molecule is CN(C)[C@@H]1C(=O)C(C(N)=O)=C(O)[C@@]2(O)C(=O)C3=C(O)c4c(O)c(NCCC(C)(C)C)nc(Cl)c4C[C@H]3C[C@@H]12. The van der Waals surface area contributed by atoms with E-state index >= 15 is 0 Å². The summed E-state index contributed by atoms with van der Waals surface area (Å²) in [4.78, 5) is 44.8. The first-order chi connectivity index (χ1) is 17.5. The number of pyridine rings is 1. The van der Waals surface area contributed by atoms with Gasteiger partial charge in [-0.05, 0) is 44.7 Å². The largest absolute Gasteiger partial charge is 0.508 e. The summed E-state index contributed by atoms with van der Waals surface area (Å²) in [6.45, 7) is 6.61. The minimum atomic E-state index is -2.69. The number of fused-ring (bicyclic) bond motifs is 3. The number of carbonyl (C=O) groups is 3. The monoisotopic (exact) mass is 548 g/mol. The number of ketones is 2. The number of nitrogens with zero attached hydrogens (tertiary/aromatic N) is 2. The van der Waals surface area contributed by atoms with E-state index < -0.39 is 63.8 Å². The zero-order valence-electron chi connectivity index (χ0n) is 21.9. The Labute approximate surface area is 225 Å². The molecule has 4 atom stereocenters. The maximum absolute atomic E-state index is 13.9. The Hall–Kier alpha value is -3.15. The molecule has 3 aliphatic carbocycles. The molecule has 7 N–H and O–H groups in total. The normalized spacial score (nSPS) is 27.3. The molecule has 1 aromatic rings. The lowest BCUT2D eigenvalue weighted by Crippen LogP contribution is -2.65. The Bertz CT molecular complexity index is 1310. The zero-order chi connectivity index (χ0) is 28.5. The minimum Gasteiger partial charge on any atom is -0.508 e. The van der Waals surface area contributed by atoms with E-state index in [1.807, 2.05) is 0 Å². The van der Waals surface area contributed by atoms with Gasteiger partial charge < -0.3 is 31.5 Å². The van der Waals surface area contributed by atoms with Gasteiger partial charge in [0.15, 0.2) is 23.0 Å². The van der Waals surface area contributed by atoms with Gasteiger partial charge >= 0.3 is 0 Å². The Morgan fingerprint density at radius 3 is 2.42 bits per heavy atom. The summed E-state index contributed by atoms with van der Waals surface area (Å²) < 4.78 is 0. The number of aliphatic hydroxyl groups is 3. The maximum Gasteiger partial charge on any atom is 0.255 e. The van der Waals surface area contributed by atoms with Crippen molar-refractivity contribution in [1.82, 2.24) is 9.88 Å². The predicted octanol–water partition coefficient (Wildman–Crippen LogP) is 1.86. The standard InChI is InChI=1S/C26H33ClN4O7/c1-25(2,3)6-7-29-24-19(34)14-11(22(27)30-24)8-10-9-12-16(31(4)5)18(33)15(23(28)37)21(36)26(12,38)20(35)13(10)17(14)32/h10,12,16,32,34,36,38H,6-9H2,1-5H3,(H2,28,37)(H,29,30)/t10-,12-,16-,26-/m0/s1. The first-order valence-electron chi connectivity index (χ1n) is 12.3. The highest BCUT2D eigenvalue weighted by atomic mass is 35.5. The fraction of sp³-hybridized carbons (Fsp3) is 0.538. The first-order valence-corrected chi connectivity index (χ1v) is 12.7. The van der Waals surface area contributed by atoms with Crippen LogP contribution < -0.4 is 11.1 Å². The van der Waals surface area contributed by atoms with Gasteiger partial charge in [-0.1, -0.05) is 32.4 Å². The number of hydrogen-bond donors (Lipinski definition) is 6. The molecule has 0 spiro atoms. The van der Waals surface area contributed by atoms with Gasteiger partial charge in [-0.15, -0.1) is 0 Å². The lowest BCUT2D eigenvalue weighted by molar-refractivity contribution is -0.153. The van der Waals surface area contributed by atoms with Gasteiger partial charge in [-0.25, -0.2) is 4.98 Å². The van der Waals surface area contributed by atoms with Crippen molar-refractivity contribution in [2.45, 2.75) is 51.7 Å². The summed E-state index contributed by atoms with van der Waals surface area (Å²) in [6.07, 6.45) is 0.801. The molecule has 0 saturated heterocycles. The highest BCUT2D eigenvalue weighted by Crippen LogP contribution is 2.53. The number of nitrogens with two attached hydrogens (primary N) is 1. The average molecular weight is 549 g/mol. The molecule has 38 heavy (non-hydrogen) atoms. The Kier molecular flexibility index (Phi) is 6.78. The van der Waals surface area contributed by atoms with Gasteiger partial charge in [0.25, 0.3) is 5.91 Å². The van der Waals surface area contributed by atoms with Crippen molar-refractivity contribution in [2.75, 3.05) is 26.0 Å². The van der Waals surface area contributed by atoms with Crippen LogP contribution in [0.4, 0.5) is 5.82 Å². The number of likely N-dealkylation sites (N-methyl/N-ethyl adjacent to an activating group) is 1. The number of hydrogen-bond acceptors (Lipinski definition) is 10. The van der Waals surface area contributed by atoms with Crippen LogP contribution in [-0.4, -0.2) is 80.1 Å². The summed E-state index contributed by atoms with van der Waals surface area (Å²) in [7, 11) is 3.08. The summed E-state index contributed by atoms with van der Waals surface area (Å²) in [5, 5.41) is 47.9. The third kappa shape index (κ3) is 4.13. The topological polar surface area (TPSA) is 186 Å². The molecule has 0 aliphatic heterocycles. The molecule has 3 aliphatic rings. The van der Waals surface area contributed by atoms with E-state index in [0.29, 0.717) is 12.1 Å². The van der Waals surface area contributed by atoms with Crippen LogP contribution in [0.15, 0.2) is 16.9 Å². The molecule has 0 radical (unpaired) electrons. The van der Waals surface area contributed by atoms with Crippen LogP contribution in [0.5, 0.6) is 5.75 Å². The van der Waals surface area contributed by atoms with E-state index in [1.54, 1.807) is 14.1 Å². The van der Waals surface area contributed by atoms with Gasteiger partial charge in [0.2, 0.25) is 5.78 Å². The number of Topliss-reactive ketones (excluding diaryl/α,β-unsaturated/α-hetero) is 2. The van der Waals surface area contributed by atoms with E-state index in [9.17, 15) is 34.8 Å². The number of primary amides is 1. The van der Waals surface area contributed by atoms with E-state index in [2.05, 4.69) is 31.1 Å². The number of amides is 1. The van der Waals surface area contributed by atoms with Crippen molar-refractivity contribution in [2.24, 2.45) is 23.0 Å². The molecule has 1 aromatic heterocycles. The summed E-state index contributed by atoms with van der Waals surface area (Å²) in [6, 6.07) is -1.15. The molecular weight excluding hydrogens is 516 g/mol. The molecule has 206 valence electrons. The van der Waals surface area contributed by atoms with Gasteiger partial charge in [0.1, 0.15) is 22.2 Å². The molecule has 11 nitrogen and oxygen atoms in total. The molecule has 0 bridgehead atoms. The molecule has 0 unspecified atom stereocenters. The number of aliphatic hydroxyl groups excluding tert-OH is 2.